The molecular formula is C15H22O4. The molecule has 0 spiro atoms. The highest BCUT2D eigenvalue weighted by Crippen LogP contribution is 2.20. The number of ketones is 1. The number of rotatable bonds is 6. The summed E-state index contributed by atoms with van der Waals surface area (Å²) >= 11 is 0. The molecule has 0 aromatic carbocycles. The van der Waals surface area contributed by atoms with Crippen molar-refractivity contribution in [2.75, 3.05) is 7.11 Å². The number of ether oxygens (including phenoxy) is 1. The Morgan fingerprint density at radius 2 is 1.89 bits per heavy atom. The van der Waals surface area contributed by atoms with Crippen LogP contribution in [0.25, 0.3) is 0 Å². The van der Waals surface area contributed by atoms with Crippen LogP contribution in [0.15, 0.2) is 9.21 Å². The SMILES string of the molecule is COc1oc(C(=O)CCCC(C)C)c(C)c(=O)c1C. The average Bonchev–Trinajstić information content (AvgIpc) is 2.36. The normalized spacial score (nSPS) is 10.8. The van der Waals surface area contributed by atoms with Crippen molar-refractivity contribution in [2.24, 2.45) is 5.92 Å². The summed E-state index contributed by atoms with van der Waals surface area (Å²) in [6, 6.07) is 0. The first kappa shape index (κ1) is 15.5. The fourth-order valence-electron chi connectivity index (χ4n) is 1.97. The second-order valence-electron chi connectivity index (χ2n) is 5.21. The predicted molar refractivity (Wildman–Crippen MR) is 74.0 cm³/mol. The van der Waals surface area contributed by atoms with Gasteiger partial charge in [-0.25, -0.2) is 0 Å². The van der Waals surface area contributed by atoms with Crippen LogP contribution in [0.2, 0.25) is 0 Å². The number of hydrogen-bond acceptors (Lipinski definition) is 4. The van der Waals surface area contributed by atoms with Gasteiger partial charge in [0, 0.05) is 12.0 Å². The molecule has 1 aromatic rings. The van der Waals surface area contributed by atoms with Gasteiger partial charge in [-0.2, -0.15) is 0 Å². The molecule has 1 rings (SSSR count). The highest BCUT2D eigenvalue weighted by atomic mass is 16.6. The van der Waals surface area contributed by atoms with Gasteiger partial charge in [-0.05, 0) is 26.2 Å². The fraction of sp³-hybridized carbons (Fsp3) is 0.600. The minimum Gasteiger partial charge on any atom is -0.468 e. The first-order valence-electron chi connectivity index (χ1n) is 6.60. The molecule has 0 atom stereocenters. The highest BCUT2D eigenvalue weighted by molar-refractivity contribution is 5.94. The lowest BCUT2D eigenvalue weighted by Gasteiger charge is -2.09. The molecule has 0 aliphatic rings. The van der Waals surface area contributed by atoms with Crippen LogP contribution in [-0.2, 0) is 0 Å². The van der Waals surface area contributed by atoms with Gasteiger partial charge in [-0.15, -0.1) is 0 Å². The lowest BCUT2D eigenvalue weighted by molar-refractivity contribution is 0.0939. The van der Waals surface area contributed by atoms with Crippen LogP contribution in [0.3, 0.4) is 0 Å². The molecule has 0 amide bonds. The van der Waals surface area contributed by atoms with Crippen molar-refractivity contribution in [3.8, 4) is 5.95 Å². The van der Waals surface area contributed by atoms with Crippen molar-refractivity contribution in [2.45, 2.75) is 47.0 Å². The summed E-state index contributed by atoms with van der Waals surface area (Å²) in [5.74, 6) is 0.695. The monoisotopic (exact) mass is 266 g/mol. The third-order valence-corrected chi connectivity index (χ3v) is 3.15. The third kappa shape index (κ3) is 3.69. The molecule has 19 heavy (non-hydrogen) atoms. The Morgan fingerprint density at radius 1 is 1.26 bits per heavy atom. The van der Waals surface area contributed by atoms with Crippen molar-refractivity contribution in [3.05, 3.63) is 27.1 Å². The number of carbonyl (C=O) groups is 1. The zero-order chi connectivity index (χ0) is 14.6. The summed E-state index contributed by atoms with van der Waals surface area (Å²) < 4.78 is 10.4. The molecule has 0 N–H and O–H groups in total. The summed E-state index contributed by atoms with van der Waals surface area (Å²) in [7, 11) is 1.42. The van der Waals surface area contributed by atoms with Crippen molar-refractivity contribution in [3.63, 3.8) is 0 Å². The van der Waals surface area contributed by atoms with Crippen molar-refractivity contribution >= 4 is 5.78 Å². The second-order valence-corrected chi connectivity index (χ2v) is 5.21. The molecule has 0 bridgehead atoms. The van der Waals surface area contributed by atoms with Gasteiger partial charge in [-0.1, -0.05) is 20.3 Å². The van der Waals surface area contributed by atoms with E-state index < -0.39 is 0 Å². The van der Waals surface area contributed by atoms with Crippen molar-refractivity contribution < 1.29 is 13.9 Å². The van der Waals surface area contributed by atoms with Gasteiger partial charge in [0.1, 0.15) is 0 Å². The Labute approximate surface area is 113 Å². The van der Waals surface area contributed by atoms with E-state index in [9.17, 15) is 9.59 Å². The lowest BCUT2D eigenvalue weighted by atomic mass is 10.0. The van der Waals surface area contributed by atoms with E-state index in [1.807, 2.05) is 0 Å². The van der Waals surface area contributed by atoms with Gasteiger partial charge in [0.15, 0.2) is 17.0 Å². The van der Waals surface area contributed by atoms with Gasteiger partial charge in [-0.3, -0.25) is 9.59 Å². The summed E-state index contributed by atoms with van der Waals surface area (Å²) in [5, 5.41) is 0. The zero-order valence-electron chi connectivity index (χ0n) is 12.3. The van der Waals surface area contributed by atoms with Crippen molar-refractivity contribution in [1.29, 1.82) is 0 Å². The molecule has 0 radical (unpaired) electrons. The number of methoxy groups -OCH3 is 1. The Hall–Kier alpha value is -1.58. The molecule has 4 heteroatoms. The molecule has 0 aliphatic carbocycles. The molecule has 0 saturated heterocycles. The van der Waals surface area contributed by atoms with Crippen LogP contribution in [0.1, 0.15) is 54.8 Å². The minimum absolute atomic E-state index is 0.128. The van der Waals surface area contributed by atoms with E-state index in [1.165, 1.54) is 7.11 Å². The molecule has 0 fully saturated rings. The van der Waals surface area contributed by atoms with Gasteiger partial charge >= 0.3 is 0 Å². The van der Waals surface area contributed by atoms with E-state index in [1.54, 1.807) is 13.8 Å². The summed E-state index contributed by atoms with van der Waals surface area (Å²) in [6.45, 7) is 7.48. The Morgan fingerprint density at radius 3 is 2.42 bits per heavy atom. The largest absolute Gasteiger partial charge is 0.468 e. The first-order valence-corrected chi connectivity index (χ1v) is 6.60. The topological polar surface area (TPSA) is 56.5 Å². The Kier molecular flexibility index (Phi) is 5.33. The van der Waals surface area contributed by atoms with E-state index in [2.05, 4.69) is 13.8 Å². The van der Waals surface area contributed by atoms with Crippen LogP contribution in [0.5, 0.6) is 5.95 Å². The molecule has 106 valence electrons. The smallest absolute Gasteiger partial charge is 0.291 e. The number of Topliss-reactive ketones (excluding diaryl/α,β-unsaturated/α-hetero) is 1. The molecule has 0 saturated carbocycles. The van der Waals surface area contributed by atoms with E-state index in [-0.39, 0.29) is 22.9 Å². The minimum atomic E-state index is -0.185. The van der Waals surface area contributed by atoms with Crippen molar-refractivity contribution in [1.82, 2.24) is 0 Å². The highest BCUT2D eigenvalue weighted by Gasteiger charge is 2.19. The first-order chi connectivity index (χ1) is 8.88. The standard InChI is InChI=1S/C15H22O4/c1-9(2)7-6-8-12(16)14-10(3)13(17)11(4)15(18-5)19-14/h9H,6-8H2,1-5H3. The van der Waals surface area contributed by atoms with E-state index >= 15 is 0 Å². The summed E-state index contributed by atoms with van der Waals surface area (Å²) in [4.78, 5) is 24.1. The molecule has 0 unspecified atom stereocenters. The quantitative estimate of drug-likeness (QED) is 0.741. The molecule has 4 nitrogen and oxygen atoms in total. The van der Waals surface area contributed by atoms with Gasteiger partial charge in [0.25, 0.3) is 5.95 Å². The molecular weight excluding hydrogens is 244 g/mol. The lowest BCUT2D eigenvalue weighted by Crippen LogP contribution is -2.16. The zero-order valence-corrected chi connectivity index (χ0v) is 12.3. The predicted octanol–water partition coefficient (Wildman–Crippen LogP) is 3.27. The van der Waals surface area contributed by atoms with Gasteiger partial charge < -0.3 is 9.15 Å². The van der Waals surface area contributed by atoms with Crippen LogP contribution >= 0.6 is 0 Å². The average molecular weight is 266 g/mol. The maximum Gasteiger partial charge on any atom is 0.291 e. The maximum absolute atomic E-state index is 12.1. The van der Waals surface area contributed by atoms with Crippen LogP contribution < -0.4 is 10.2 Å². The molecule has 0 aliphatic heterocycles. The van der Waals surface area contributed by atoms with Crippen LogP contribution in [-0.4, -0.2) is 12.9 Å². The van der Waals surface area contributed by atoms with E-state index in [0.717, 1.165) is 12.8 Å². The van der Waals surface area contributed by atoms with E-state index in [4.69, 9.17) is 9.15 Å². The summed E-state index contributed by atoms with van der Waals surface area (Å²) in [5.41, 5.74) is 0.585. The Balaban J connectivity index is 2.97. The van der Waals surface area contributed by atoms with Gasteiger partial charge in [0.05, 0.1) is 12.7 Å². The van der Waals surface area contributed by atoms with Crippen LogP contribution in [0.4, 0.5) is 0 Å². The fourth-order valence-corrected chi connectivity index (χ4v) is 1.97. The maximum atomic E-state index is 12.1. The number of hydrogen-bond donors (Lipinski definition) is 0. The molecule has 1 aromatic heterocycles. The number of carbonyl (C=O) groups excluding carboxylic acids is 1. The van der Waals surface area contributed by atoms with Gasteiger partial charge in [0.2, 0.25) is 0 Å². The second kappa shape index (κ2) is 6.55. The van der Waals surface area contributed by atoms with E-state index in [0.29, 0.717) is 23.5 Å². The summed E-state index contributed by atoms with van der Waals surface area (Å²) in [6.07, 6.45) is 2.18. The molecule has 1 heterocycles. The Bertz CT molecular complexity index is 512. The third-order valence-electron chi connectivity index (χ3n) is 3.15. The van der Waals surface area contributed by atoms with Crippen LogP contribution in [0, 0.1) is 19.8 Å².